The zero-order chi connectivity index (χ0) is 21.1. The Labute approximate surface area is 178 Å². The lowest BCUT2D eigenvalue weighted by atomic mass is 10.0. The minimum atomic E-state index is -0.135. The number of nitrogens with zero attached hydrogens (tertiary/aromatic N) is 1. The van der Waals surface area contributed by atoms with Gasteiger partial charge in [0.15, 0.2) is 0 Å². The van der Waals surface area contributed by atoms with Gasteiger partial charge in [-0.1, -0.05) is 36.6 Å². The number of Topliss-reactive ketones (excluding diaryl/α,β-unsaturated/α-hetero) is 1. The van der Waals surface area contributed by atoms with Crippen LogP contribution in [0.2, 0.25) is 5.02 Å². The Morgan fingerprint density at radius 1 is 1.17 bits per heavy atom. The number of carbonyl (C=O) groups excluding carboxylic acids is 3. The summed E-state index contributed by atoms with van der Waals surface area (Å²) in [5.74, 6) is 0.249. The quantitative estimate of drug-likeness (QED) is 0.341. The van der Waals surface area contributed by atoms with Crippen LogP contribution in [0.4, 0.5) is 0 Å². The van der Waals surface area contributed by atoms with E-state index in [-0.39, 0.29) is 23.7 Å². The van der Waals surface area contributed by atoms with Crippen LogP contribution in [0.3, 0.4) is 0 Å². The highest BCUT2D eigenvalue weighted by atomic mass is 35.5. The van der Waals surface area contributed by atoms with E-state index in [1.54, 1.807) is 6.07 Å². The largest absolute Gasteiger partial charge is 0.466 e. The van der Waals surface area contributed by atoms with Crippen molar-refractivity contribution in [1.82, 2.24) is 4.90 Å². The van der Waals surface area contributed by atoms with Gasteiger partial charge in [-0.25, -0.2) is 0 Å². The number of hydrogen-bond acceptors (Lipinski definition) is 4. The SMILES string of the molecule is CCOC(=O)CCCCCCN1C(=O)CC[C@@H]1CCC(=O)Cc1cccc(Cl)c1. The summed E-state index contributed by atoms with van der Waals surface area (Å²) in [5, 5.41) is 0.644. The molecule has 0 bridgehead atoms. The van der Waals surface area contributed by atoms with Gasteiger partial charge in [-0.15, -0.1) is 0 Å². The summed E-state index contributed by atoms with van der Waals surface area (Å²) in [7, 11) is 0. The van der Waals surface area contributed by atoms with Gasteiger partial charge in [-0.2, -0.15) is 0 Å². The Morgan fingerprint density at radius 2 is 1.97 bits per heavy atom. The van der Waals surface area contributed by atoms with E-state index in [1.807, 2.05) is 30.0 Å². The maximum Gasteiger partial charge on any atom is 0.305 e. The first-order chi connectivity index (χ1) is 14.0. The van der Waals surface area contributed by atoms with Crippen molar-refractivity contribution in [2.24, 2.45) is 0 Å². The topological polar surface area (TPSA) is 63.7 Å². The highest BCUT2D eigenvalue weighted by Gasteiger charge is 2.30. The van der Waals surface area contributed by atoms with Crippen LogP contribution in [0, 0.1) is 0 Å². The molecule has 29 heavy (non-hydrogen) atoms. The lowest BCUT2D eigenvalue weighted by Gasteiger charge is -2.24. The molecule has 0 aliphatic carbocycles. The summed E-state index contributed by atoms with van der Waals surface area (Å²) in [4.78, 5) is 37.8. The molecule has 1 aromatic carbocycles. The molecule has 160 valence electrons. The second-order valence-electron chi connectivity index (χ2n) is 7.63. The highest BCUT2D eigenvalue weighted by Crippen LogP contribution is 2.24. The maximum atomic E-state index is 12.3. The number of ether oxygens (including phenoxy) is 1. The van der Waals surface area contributed by atoms with Crippen molar-refractivity contribution < 1.29 is 19.1 Å². The summed E-state index contributed by atoms with van der Waals surface area (Å²) in [6.45, 7) is 2.98. The molecule has 1 aliphatic heterocycles. The van der Waals surface area contributed by atoms with E-state index >= 15 is 0 Å². The Bertz CT molecular complexity index is 691. The van der Waals surface area contributed by atoms with Crippen molar-refractivity contribution in [2.45, 2.75) is 77.2 Å². The predicted octanol–water partition coefficient (Wildman–Crippen LogP) is 4.74. The molecular weight excluding hydrogens is 390 g/mol. The van der Waals surface area contributed by atoms with E-state index in [0.717, 1.165) is 50.6 Å². The molecular formula is C23H32ClNO4. The van der Waals surface area contributed by atoms with Crippen molar-refractivity contribution in [3.63, 3.8) is 0 Å². The molecule has 0 radical (unpaired) electrons. The zero-order valence-corrected chi connectivity index (χ0v) is 18.1. The van der Waals surface area contributed by atoms with Crippen molar-refractivity contribution in [1.29, 1.82) is 0 Å². The van der Waals surface area contributed by atoms with Crippen molar-refractivity contribution in [2.75, 3.05) is 13.2 Å². The third-order valence-electron chi connectivity index (χ3n) is 5.33. The number of esters is 1. The third-order valence-corrected chi connectivity index (χ3v) is 5.57. The number of hydrogen-bond donors (Lipinski definition) is 0. The van der Waals surface area contributed by atoms with Crippen LogP contribution in [0.5, 0.6) is 0 Å². The normalized spacial score (nSPS) is 16.3. The lowest BCUT2D eigenvalue weighted by Crippen LogP contribution is -2.34. The first kappa shape index (κ1) is 23.4. The Hall–Kier alpha value is -1.88. The molecule has 0 N–H and O–H groups in total. The third kappa shape index (κ3) is 8.57. The van der Waals surface area contributed by atoms with Gasteiger partial charge in [0, 0.05) is 43.3 Å². The predicted molar refractivity (Wildman–Crippen MR) is 114 cm³/mol. The van der Waals surface area contributed by atoms with Crippen LogP contribution in [0.1, 0.15) is 70.3 Å². The van der Waals surface area contributed by atoms with E-state index < -0.39 is 0 Å². The van der Waals surface area contributed by atoms with Gasteiger partial charge in [0.1, 0.15) is 5.78 Å². The molecule has 0 spiro atoms. The van der Waals surface area contributed by atoms with Gasteiger partial charge in [-0.05, 0) is 50.3 Å². The minimum absolute atomic E-state index is 0.135. The summed E-state index contributed by atoms with van der Waals surface area (Å²) in [5.41, 5.74) is 0.935. The molecule has 1 heterocycles. The number of amides is 1. The molecule has 2 rings (SSSR count). The van der Waals surface area contributed by atoms with Gasteiger partial charge in [-0.3, -0.25) is 14.4 Å². The summed E-state index contributed by atoms with van der Waals surface area (Å²) in [6.07, 6.45) is 7.20. The molecule has 0 saturated carbocycles. The average Bonchev–Trinajstić information content (AvgIpc) is 3.03. The first-order valence-corrected chi connectivity index (χ1v) is 11.1. The maximum absolute atomic E-state index is 12.3. The van der Waals surface area contributed by atoms with Gasteiger partial charge in [0.2, 0.25) is 5.91 Å². The van der Waals surface area contributed by atoms with E-state index in [4.69, 9.17) is 16.3 Å². The van der Waals surface area contributed by atoms with E-state index in [1.165, 1.54) is 0 Å². The molecule has 0 aromatic heterocycles. The molecule has 1 amide bonds. The number of ketones is 1. The second kappa shape index (κ2) is 12.6. The zero-order valence-electron chi connectivity index (χ0n) is 17.3. The van der Waals surface area contributed by atoms with Crippen LogP contribution in [0.15, 0.2) is 24.3 Å². The molecule has 1 atom stereocenters. The molecule has 1 aliphatic rings. The minimum Gasteiger partial charge on any atom is -0.466 e. The van der Waals surface area contributed by atoms with E-state index in [0.29, 0.717) is 37.3 Å². The summed E-state index contributed by atoms with van der Waals surface area (Å²) < 4.78 is 4.92. The van der Waals surface area contributed by atoms with Gasteiger partial charge in [0.05, 0.1) is 6.61 Å². The lowest BCUT2D eigenvalue weighted by molar-refractivity contribution is -0.143. The fraction of sp³-hybridized carbons (Fsp3) is 0.609. The molecule has 1 fully saturated rings. The monoisotopic (exact) mass is 421 g/mol. The fourth-order valence-electron chi connectivity index (χ4n) is 3.83. The smallest absolute Gasteiger partial charge is 0.305 e. The van der Waals surface area contributed by atoms with Crippen LogP contribution in [0.25, 0.3) is 0 Å². The molecule has 0 unspecified atom stereocenters. The van der Waals surface area contributed by atoms with E-state index in [9.17, 15) is 14.4 Å². The van der Waals surface area contributed by atoms with Gasteiger partial charge < -0.3 is 9.64 Å². The van der Waals surface area contributed by atoms with Crippen molar-refractivity contribution in [3.8, 4) is 0 Å². The number of halogens is 1. The van der Waals surface area contributed by atoms with Crippen LogP contribution in [-0.2, 0) is 25.5 Å². The van der Waals surface area contributed by atoms with Crippen molar-refractivity contribution in [3.05, 3.63) is 34.9 Å². The summed E-state index contributed by atoms with van der Waals surface area (Å²) in [6, 6.07) is 7.57. The van der Waals surface area contributed by atoms with Crippen LogP contribution < -0.4 is 0 Å². The highest BCUT2D eigenvalue weighted by molar-refractivity contribution is 6.30. The molecule has 5 nitrogen and oxygen atoms in total. The molecule has 1 aromatic rings. The first-order valence-electron chi connectivity index (χ1n) is 10.7. The average molecular weight is 422 g/mol. The number of carbonyl (C=O) groups is 3. The number of unbranched alkanes of at least 4 members (excludes halogenated alkanes) is 3. The van der Waals surface area contributed by atoms with Crippen molar-refractivity contribution >= 4 is 29.3 Å². The molecule has 6 heteroatoms. The van der Waals surface area contributed by atoms with Gasteiger partial charge >= 0.3 is 5.97 Å². The Morgan fingerprint density at radius 3 is 2.72 bits per heavy atom. The van der Waals surface area contributed by atoms with Gasteiger partial charge in [0.25, 0.3) is 0 Å². The second-order valence-corrected chi connectivity index (χ2v) is 8.07. The van der Waals surface area contributed by atoms with Crippen LogP contribution in [-0.4, -0.2) is 41.8 Å². The number of benzene rings is 1. The summed E-state index contributed by atoms with van der Waals surface area (Å²) >= 11 is 5.98. The fourth-order valence-corrected chi connectivity index (χ4v) is 4.04. The number of likely N-dealkylation sites (tertiary alicyclic amines) is 1. The Kier molecular flexibility index (Phi) is 10.2. The van der Waals surface area contributed by atoms with E-state index in [2.05, 4.69) is 0 Å². The number of rotatable bonds is 13. The molecule has 1 saturated heterocycles. The van der Waals surface area contributed by atoms with Crippen LogP contribution >= 0.6 is 11.6 Å². The Balaban J connectivity index is 1.66. The standard InChI is InChI=1S/C23H32ClNO4/c1-2-29-23(28)10-5-3-4-6-15-25-20(12-14-22(25)27)11-13-21(26)17-18-8-7-9-19(24)16-18/h7-9,16,20H,2-6,10-15,17H2,1H3/t20-/m0/s1.